The molecule has 0 saturated carbocycles. The number of carboxylic acid groups (broad SMARTS) is 1. The summed E-state index contributed by atoms with van der Waals surface area (Å²) in [5.41, 5.74) is 2.26. The van der Waals surface area contributed by atoms with Gasteiger partial charge in [0.25, 0.3) is 0 Å². The van der Waals surface area contributed by atoms with Crippen LogP contribution in [-0.2, 0) is 9.59 Å². The molecule has 1 aromatic rings. The van der Waals surface area contributed by atoms with E-state index in [2.05, 4.69) is 10.3 Å². The summed E-state index contributed by atoms with van der Waals surface area (Å²) < 4.78 is 0. The second-order valence-corrected chi connectivity index (χ2v) is 3.83. The first kappa shape index (κ1) is 9.14. The summed E-state index contributed by atoms with van der Waals surface area (Å²) >= 11 is 1.39. The smallest absolute Gasteiger partial charge is 0.309 e. The molecule has 5 nitrogen and oxygen atoms in total. The average molecular weight is 212 g/mol. The van der Waals surface area contributed by atoms with Gasteiger partial charge in [-0.25, -0.2) is 4.98 Å². The summed E-state index contributed by atoms with van der Waals surface area (Å²) in [5.74, 6) is -1.87. The van der Waals surface area contributed by atoms with E-state index in [0.717, 1.165) is 0 Å². The molecule has 2 N–H and O–H groups in total. The third-order valence-corrected chi connectivity index (χ3v) is 2.82. The maximum absolute atomic E-state index is 11.1. The fourth-order valence-corrected chi connectivity index (χ4v) is 2.13. The van der Waals surface area contributed by atoms with Gasteiger partial charge in [-0.15, -0.1) is 11.3 Å². The first-order valence-corrected chi connectivity index (χ1v) is 5.03. The fraction of sp³-hybridized carbons (Fsp3) is 0.375. The fourth-order valence-electron chi connectivity index (χ4n) is 1.54. The summed E-state index contributed by atoms with van der Waals surface area (Å²) in [7, 11) is 0. The maximum atomic E-state index is 11.1. The summed E-state index contributed by atoms with van der Waals surface area (Å²) in [4.78, 5) is 25.9. The molecule has 0 radical (unpaired) electrons. The highest BCUT2D eigenvalue weighted by atomic mass is 32.1. The largest absolute Gasteiger partial charge is 0.481 e. The van der Waals surface area contributed by atoms with Crippen molar-refractivity contribution in [2.75, 3.05) is 0 Å². The van der Waals surface area contributed by atoms with Gasteiger partial charge < -0.3 is 10.4 Å². The van der Waals surface area contributed by atoms with Gasteiger partial charge in [-0.3, -0.25) is 9.59 Å². The van der Waals surface area contributed by atoms with Gasteiger partial charge in [0.15, 0.2) is 0 Å². The first-order valence-electron chi connectivity index (χ1n) is 4.08. The lowest BCUT2D eigenvalue weighted by atomic mass is 9.99. The van der Waals surface area contributed by atoms with Crippen molar-refractivity contribution in [1.29, 1.82) is 0 Å². The second kappa shape index (κ2) is 3.38. The normalized spacial score (nSPS) is 26.1. The van der Waals surface area contributed by atoms with Crippen molar-refractivity contribution in [3.05, 3.63) is 16.6 Å². The molecule has 2 atom stereocenters. The molecule has 0 spiro atoms. The molecular weight excluding hydrogens is 204 g/mol. The van der Waals surface area contributed by atoms with Crippen LogP contribution in [0.4, 0.5) is 0 Å². The van der Waals surface area contributed by atoms with Crippen LogP contribution < -0.4 is 5.32 Å². The topological polar surface area (TPSA) is 79.3 Å². The van der Waals surface area contributed by atoms with E-state index >= 15 is 0 Å². The summed E-state index contributed by atoms with van der Waals surface area (Å²) in [5, 5.41) is 13.3. The SMILES string of the molecule is O=C1CC(C(=O)O)C(c2cscn2)N1. The minimum absolute atomic E-state index is 0.0392. The third kappa shape index (κ3) is 1.48. The Hall–Kier alpha value is -1.43. The van der Waals surface area contributed by atoms with Gasteiger partial charge in [-0.05, 0) is 0 Å². The van der Waals surface area contributed by atoms with Crippen molar-refractivity contribution in [3.8, 4) is 0 Å². The van der Waals surface area contributed by atoms with Crippen molar-refractivity contribution in [2.24, 2.45) is 5.92 Å². The second-order valence-electron chi connectivity index (χ2n) is 3.11. The molecule has 6 heteroatoms. The Kier molecular flexibility index (Phi) is 2.20. The van der Waals surface area contributed by atoms with Gasteiger partial charge in [0.2, 0.25) is 5.91 Å². The molecule has 2 heterocycles. The Bertz CT molecular complexity index is 363. The Morgan fingerprint density at radius 1 is 1.71 bits per heavy atom. The molecule has 2 unspecified atom stereocenters. The van der Waals surface area contributed by atoms with Crippen LogP contribution in [-0.4, -0.2) is 22.0 Å². The van der Waals surface area contributed by atoms with E-state index in [4.69, 9.17) is 5.11 Å². The quantitative estimate of drug-likeness (QED) is 0.744. The highest BCUT2D eigenvalue weighted by molar-refractivity contribution is 7.07. The standard InChI is InChI=1S/C8H8N2O3S/c11-6-1-4(8(12)13)7(10-6)5-2-14-3-9-5/h2-4,7H,1H2,(H,10,11)(H,12,13). The van der Waals surface area contributed by atoms with Crippen LogP contribution in [0.3, 0.4) is 0 Å². The number of amides is 1. The number of carbonyl (C=O) groups is 2. The molecular formula is C8H8N2O3S. The summed E-state index contributed by atoms with van der Waals surface area (Å²) in [6.45, 7) is 0. The van der Waals surface area contributed by atoms with Gasteiger partial charge in [-0.1, -0.05) is 0 Å². The van der Waals surface area contributed by atoms with Crippen LogP contribution in [0.1, 0.15) is 18.2 Å². The lowest BCUT2D eigenvalue weighted by Crippen LogP contribution is -2.24. The monoisotopic (exact) mass is 212 g/mol. The Morgan fingerprint density at radius 3 is 3.07 bits per heavy atom. The Balaban J connectivity index is 2.26. The summed E-state index contributed by atoms with van der Waals surface area (Å²) in [6.07, 6.45) is 0.0392. The molecule has 1 aromatic heterocycles. The molecule has 0 aliphatic carbocycles. The van der Waals surface area contributed by atoms with E-state index < -0.39 is 17.9 Å². The van der Waals surface area contributed by atoms with Crippen molar-refractivity contribution in [3.63, 3.8) is 0 Å². The van der Waals surface area contributed by atoms with Gasteiger partial charge in [-0.2, -0.15) is 0 Å². The van der Waals surface area contributed by atoms with Gasteiger partial charge in [0, 0.05) is 11.8 Å². The number of thiazole rings is 1. The van der Waals surface area contributed by atoms with E-state index in [1.807, 2.05) is 0 Å². The zero-order valence-corrected chi connectivity index (χ0v) is 7.95. The lowest BCUT2D eigenvalue weighted by molar-refractivity contribution is -0.142. The number of carboxylic acids is 1. The molecule has 1 aliphatic rings. The molecule has 1 aliphatic heterocycles. The minimum atomic E-state index is -0.957. The molecule has 2 rings (SSSR count). The third-order valence-electron chi connectivity index (χ3n) is 2.21. The number of aromatic nitrogens is 1. The van der Waals surface area contributed by atoms with E-state index in [1.165, 1.54) is 11.3 Å². The van der Waals surface area contributed by atoms with Crippen molar-refractivity contribution >= 4 is 23.2 Å². The van der Waals surface area contributed by atoms with Gasteiger partial charge in [0.1, 0.15) is 0 Å². The van der Waals surface area contributed by atoms with Crippen LogP contribution in [0.5, 0.6) is 0 Å². The van der Waals surface area contributed by atoms with E-state index in [0.29, 0.717) is 5.69 Å². The highest BCUT2D eigenvalue weighted by Gasteiger charge is 2.39. The molecule has 14 heavy (non-hydrogen) atoms. The van der Waals surface area contributed by atoms with E-state index in [-0.39, 0.29) is 12.3 Å². The van der Waals surface area contributed by atoms with Crippen LogP contribution in [0.15, 0.2) is 10.9 Å². The van der Waals surface area contributed by atoms with Gasteiger partial charge >= 0.3 is 5.97 Å². The van der Waals surface area contributed by atoms with Crippen molar-refractivity contribution in [2.45, 2.75) is 12.5 Å². The van der Waals surface area contributed by atoms with Gasteiger partial charge in [0.05, 0.1) is 23.2 Å². The van der Waals surface area contributed by atoms with Crippen molar-refractivity contribution in [1.82, 2.24) is 10.3 Å². The molecule has 1 amide bonds. The van der Waals surface area contributed by atoms with Crippen LogP contribution in [0.2, 0.25) is 0 Å². The van der Waals surface area contributed by atoms with Crippen LogP contribution >= 0.6 is 11.3 Å². The number of aliphatic carboxylic acids is 1. The molecule has 74 valence electrons. The zero-order valence-electron chi connectivity index (χ0n) is 7.14. The van der Waals surface area contributed by atoms with Crippen molar-refractivity contribution < 1.29 is 14.7 Å². The number of nitrogens with zero attached hydrogens (tertiary/aromatic N) is 1. The molecule has 0 aromatic carbocycles. The first-order chi connectivity index (χ1) is 6.68. The molecule has 1 fully saturated rings. The maximum Gasteiger partial charge on any atom is 0.309 e. The Morgan fingerprint density at radius 2 is 2.50 bits per heavy atom. The average Bonchev–Trinajstić information content (AvgIpc) is 2.70. The van der Waals surface area contributed by atoms with Crippen LogP contribution in [0.25, 0.3) is 0 Å². The summed E-state index contributed by atoms with van der Waals surface area (Å²) in [6, 6.07) is -0.466. The highest BCUT2D eigenvalue weighted by Crippen LogP contribution is 2.29. The number of carbonyl (C=O) groups excluding carboxylic acids is 1. The van der Waals surface area contributed by atoms with E-state index in [1.54, 1.807) is 10.9 Å². The zero-order chi connectivity index (χ0) is 10.1. The minimum Gasteiger partial charge on any atom is -0.481 e. The number of hydrogen-bond acceptors (Lipinski definition) is 4. The number of rotatable bonds is 2. The number of hydrogen-bond donors (Lipinski definition) is 2. The lowest BCUT2D eigenvalue weighted by Gasteiger charge is -2.11. The predicted molar refractivity (Wildman–Crippen MR) is 48.7 cm³/mol. The molecule has 1 saturated heterocycles. The number of nitrogens with one attached hydrogen (secondary N) is 1. The van der Waals surface area contributed by atoms with Crippen LogP contribution in [0, 0.1) is 5.92 Å². The predicted octanol–water partition coefficient (Wildman–Crippen LogP) is 0.405. The van der Waals surface area contributed by atoms with E-state index in [9.17, 15) is 9.59 Å². The molecule has 0 bridgehead atoms. The Labute approximate surface area is 83.8 Å².